The highest BCUT2D eigenvalue weighted by Crippen LogP contribution is 2.37. The van der Waals surface area contributed by atoms with E-state index in [1.54, 1.807) is 12.1 Å². The van der Waals surface area contributed by atoms with Crippen LogP contribution in [0, 0.1) is 0 Å². The molecule has 6 nitrogen and oxygen atoms in total. The Labute approximate surface area is 162 Å². The van der Waals surface area contributed by atoms with Gasteiger partial charge >= 0.3 is 6.18 Å². The zero-order valence-corrected chi connectivity index (χ0v) is 16.4. The molecule has 0 N–H and O–H groups in total. The van der Waals surface area contributed by atoms with E-state index in [-0.39, 0.29) is 17.1 Å². The van der Waals surface area contributed by atoms with E-state index in [1.807, 2.05) is 0 Å². The van der Waals surface area contributed by atoms with Crippen LogP contribution in [0.25, 0.3) is 0 Å². The zero-order chi connectivity index (χ0) is 20.5. The van der Waals surface area contributed by atoms with Crippen LogP contribution in [-0.4, -0.2) is 36.2 Å². The number of halogens is 3. The molecule has 0 bridgehead atoms. The molecule has 1 aromatic carbocycles. The number of hydrogen-bond donors (Lipinski definition) is 0. The Balaban J connectivity index is 2.02. The number of methoxy groups -OCH3 is 1. The summed E-state index contributed by atoms with van der Waals surface area (Å²) in [4.78, 5) is 0.0819. The second-order valence-electron chi connectivity index (χ2n) is 6.73. The van der Waals surface area contributed by atoms with Gasteiger partial charge in [0.1, 0.15) is 5.75 Å². The molecule has 0 spiro atoms. The van der Waals surface area contributed by atoms with Gasteiger partial charge < -0.3 is 4.74 Å². The van der Waals surface area contributed by atoms with Gasteiger partial charge in [-0.3, -0.25) is 4.68 Å². The van der Waals surface area contributed by atoms with Gasteiger partial charge in [-0.1, -0.05) is 12.8 Å². The molecule has 0 radical (unpaired) electrons. The molecule has 2 heterocycles. The van der Waals surface area contributed by atoms with E-state index in [0.29, 0.717) is 18.6 Å². The fourth-order valence-corrected chi connectivity index (χ4v) is 5.15. The van der Waals surface area contributed by atoms with Gasteiger partial charge in [-0.15, -0.1) is 0 Å². The van der Waals surface area contributed by atoms with Gasteiger partial charge in [0, 0.05) is 13.6 Å². The van der Waals surface area contributed by atoms with Crippen LogP contribution in [0.1, 0.15) is 43.1 Å². The third-order valence-electron chi connectivity index (χ3n) is 4.92. The van der Waals surface area contributed by atoms with Crippen LogP contribution in [0.5, 0.6) is 5.75 Å². The topological polar surface area (TPSA) is 64.4 Å². The standard InChI is InChI=1S/C18H22F3N3O3S/c1-23-16(12-17(22-23)18(19,20)21)15-6-4-3-5-11-24(15)28(25,26)14-9-7-13(27-2)8-10-14/h7-10,12,15H,3-6,11H2,1-2H3/t15-/m1/s1. The predicted molar refractivity (Wildman–Crippen MR) is 96.3 cm³/mol. The number of rotatable bonds is 4. The summed E-state index contributed by atoms with van der Waals surface area (Å²) >= 11 is 0. The SMILES string of the molecule is COc1ccc(S(=O)(=O)N2CCCCC[C@@H]2c2cc(C(F)(F)F)nn2C)cc1. The summed E-state index contributed by atoms with van der Waals surface area (Å²) in [6, 6.07) is 6.23. The average Bonchev–Trinajstić information content (AvgIpc) is 2.88. The molecule has 1 atom stereocenters. The minimum Gasteiger partial charge on any atom is -0.497 e. The molecule has 154 valence electrons. The van der Waals surface area contributed by atoms with Gasteiger partial charge in [-0.25, -0.2) is 8.42 Å². The van der Waals surface area contributed by atoms with E-state index in [0.717, 1.165) is 23.6 Å². The molecule has 2 aromatic rings. The summed E-state index contributed by atoms with van der Waals surface area (Å²) in [6.45, 7) is 0.242. The molecule has 1 fully saturated rings. The van der Waals surface area contributed by atoms with Crippen molar-refractivity contribution in [1.82, 2.24) is 14.1 Å². The number of hydrogen-bond acceptors (Lipinski definition) is 4. The maximum absolute atomic E-state index is 13.3. The van der Waals surface area contributed by atoms with E-state index in [2.05, 4.69) is 5.10 Å². The molecule has 1 aliphatic heterocycles. The number of aromatic nitrogens is 2. The van der Waals surface area contributed by atoms with Crippen LogP contribution in [0.4, 0.5) is 13.2 Å². The van der Waals surface area contributed by atoms with E-state index >= 15 is 0 Å². The van der Waals surface area contributed by atoms with Crippen molar-refractivity contribution in [3.63, 3.8) is 0 Å². The lowest BCUT2D eigenvalue weighted by Gasteiger charge is -2.29. The molecule has 3 rings (SSSR count). The summed E-state index contributed by atoms with van der Waals surface area (Å²) in [5.41, 5.74) is -0.776. The highest BCUT2D eigenvalue weighted by atomic mass is 32.2. The lowest BCUT2D eigenvalue weighted by atomic mass is 10.1. The van der Waals surface area contributed by atoms with Gasteiger partial charge in [0.25, 0.3) is 0 Å². The second-order valence-corrected chi connectivity index (χ2v) is 8.62. The van der Waals surface area contributed by atoms with Crippen LogP contribution >= 0.6 is 0 Å². The number of alkyl halides is 3. The van der Waals surface area contributed by atoms with E-state index in [9.17, 15) is 21.6 Å². The van der Waals surface area contributed by atoms with Crippen LogP contribution in [-0.2, 0) is 23.2 Å². The van der Waals surface area contributed by atoms with Crippen molar-refractivity contribution in [2.75, 3.05) is 13.7 Å². The summed E-state index contributed by atoms with van der Waals surface area (Å²) in [5.74, 6) is 0.521. The third-order valence-corrected chi connectivity index (χ3v) is 6.84. The molecule has 28 heavy (non-hydrogen) atoms. The van der Waals surface area contributed by atoms with E-state index in [1.165, 1.54) is 30.6 Å². The first-order chi connectivity index (χ1) is 13.1. The van der Waals surface area contributed by atoms with E-state index in [4.69, 9.17) is 4.74 Å². The van der Waals surface area contributed by atoms with Crippen LogP contribution < -0.4 is 4.74 Å². The van der Waals surface area contributed by atoms with Crippen LogP contribution in [0.15, 0.2) is 35.2 Å². The van der Waals surface area contributed by atoms with Crippen molar-refractivity contribution in [3.8, 4) is 5.75 Å². The van der Waals surface area contributed by atoms with Crippen molar-refractivity contribution in [2.24, 2.45) is 7.05 Å². The first-order valence-corrected chi connectivity index (χ1v) is 10.4. The fourth-order valence-electron chi connectivity index (χ4n) is 3.48. The largest absolute Gasteiger partial charge is 0.497 e. The Morgan fingerprint density at radius 1 is 1.14 bits per heavy atom. The van der Waals surface area contributed by atoms with E-state index < -0.39 is 27.9 Å². The Morgan fingerprint density at radius 2 is 1.82 bits per heavy atom. The van der Waals surface area contributed by atoms with Crippen molar-refractivity contribution in [2.45, 2.75) is 42.8 Å². The first-order valence-electron chi connectivity index (χ1n) is 8.91. The van der Waals surface area contributed by atoms with Crippen molar-refractivity contribution in [1.29, 1.82) is 0 Å². The number of sulfonamides is 1. The van der Waals surface area contributed by atoms with Crippen molar-refractivity contribution >= 4 is 10.0 Å². The average molecular weight is 417 g/mol. The summed E-state index contributed by atoms with van der Waals surface area (Å²) in [5, 5.41) is 3.55. The lowest BCUT2D eigenvalue weighted by molar-refractivity contribution is -0.141. The fraction of sp³-hybridized carbons (Fsp3) is 0.500. The van der Waals surface area contributed by atoms with Gasteiger partial charge in [-0.2, -0.15) is 22.6 Å². The Hall–Kier alpha value is -2.07. The van der Waals surface area contributed by atoms with Crippen molar-refractivity contribution in [3.05, 3.63) is 41.7 Å². The Kier molecular flexibility index (Phi) is 5.72. The minimum atomic E-state index is -4.58. The second kappa shape index (κ2) is 7.75. The summed E-state index contributed by atoms with van der Waals surface area (Å²) in [6.07, 6.45) is -1.95. The van der Waals surface area contributed by atoms with Crippen LogP contribution in [0.2, 0.25) is 0 Å². The molecule has 1 aliphatic rings. The van der Waals surface area contributed by atoms with Gasteiger partial charge in [-0.05, 0) is 43.2 Å². The monoisotopic (exact) mass is 417 g/mol. The molecule has 0 unspecified atom stereocenters. The summed E-state index contributed by atoms with van der Waals surface area (Å²) < 4.78 is 73.3. The minimum absolute atomic E-state index is 0.0819. The Bertz CT molecular complexity index is 924. The number of benzene rings is 1. The molecule has 1 saturated heterocycles. The van der Waals surface area contributed by atoms with Gasteiger partial charge in [0.15, 0.2) is 5.69 Å². The zero-order valence-electron chi connectivity index (χ0n) is 15.6. The molecule has 0 saturated carbocycles. The normalized spacial score (nSPS) is 19.4. The maximum atomic E-state index is 13.3. The molecule has 0 aliphatic carbocycles. The van der Waals surface area contributed by atoms with Gasteiger partial charge in [0.2, 0.25) is 10.0 Å². The molecule has 1 aromatic heterocycles. The quantitative estimate of drug-likeness (QED) is 0.760. The Morgan fingerprint density at radius 3 is 2.39 bits per heavy atom. The third kappa shape index (κ3) is 4.02. The summed E-state index contributed by atoms with van der Waals surface area (Å²) in [7, 11) is -1.00. The first kappa shape index (κ1) is 20.7. The highest BCUT2D eigenvalue weighted by molar-refractivity contribution is 7.89. The van der Waals surface area contributed by atoms with Gasteiger partial charge in [0.05, 0.1) is 23.7 Å². The number of ether oxygens (including phenoxy) is 1. The predicted octanol–water partition coefficient (Wildman–Crippen LogP) is 3.75. The maximum Gasteiger partial charge on any atom is 0.435 e. The smallest absolute Gasteiger partial charge is 0.435 e. The molecular formula is C18H22F3N3O3S. The van der Waals surface area contributed by atoms with Crippen molar-refractivity contribution < 1.29 is 26.3 Å². The lowest BCUT2D eigenvalue weighted by Crippen LogP contribution is -2.35. The molecular weight excluding hydrogens is 395 g/mol. The molecule has 0 amide bonds. The number of aryl methyl sites for hydroxylation is 1. The molecule has 10 heteroatoms. The highest BCUT2D eigenvalue weighted by Gasteiger charge is 2.39. The number of nitrogens with zero attached hydrogens (tertiary/aromatic N) is 3. The van der Waals surface area contributed by atoms with Crippen LogP contribution in [0.3, 0.4) is 0 Å².